The van der Waals surface area contributed by atoms with Crippen molar-refractivity contribution in [2.45, 2.75) is 46.2 Å². The van der Waals surface area contributed by atoms with Gasteiger partial charge in [0.2, 0.25) is 15.9 Å². The number of hydrogen-bond donors (Lipinski definition) is 1. The Balaban J connectivity index is 2.31. The Morgan fingerprint density at radius 2 is 1.79 bits per heavy atom. The van der Waals surface area contributed by atoms with Crippen LogP contribution >= 0.6 is 0 Å². The SMILES string of the molecule is CC[C@H](NC(=O)[C@@H](C)N(c1ccccc1F)S(C)(=O)=O)c1ccc(C)c(C)c1. The van der Waals surface area contributed by atoms with Crippen molar-refractivity contribution in [2.75, 3.05) is 10.6 Å². The third kappa shape index (κ3) is 4.90. The minimum Gasteiger partial charge on any atom is -0.347 e. The van der Waals surface area contributed by atoms with Gasteiger partial charge in [-0.2, -0.15) is 0 Å². The molecule has 0 aromatic heterocycles. The lowest BCUT2D eigenvalue weighted by Gasteiger charge is -2.30. The van der Waals surface area contributed by atoms with Gasteiger partial charge in [0.15, 0.2) is 0 Å². The van der Waals surface area contributed by atoms with Crippen LogP contribution in [0.2, 0.25) is 0 Å². The van der Waals surface area contributed by atoms with E-state index in [2.05, 4.69) is 5.32 Å². The third-order valence-corrected chi connectivity index (χ3v) is 6.06. The normalized spacial score (nSPS) is 13.6. The molecule has 1 amide bonds. The monoisotopic (exact) mass is 406 g/mol. The summed E-state index contributed by atoms with van der Waals surface area (Å²) in [5.41, 5.74) is 3.07. The summed E-state index contributed by atoms with van der Waals surface area (Å²) in [5, 5.41) is 2.90. The molecule has 28 heavy (non-hydrogen) atoms. The summed E-state index contributed by atoms with van der Waals surface area (Å²) in [6.45, 7) is 7.41. The van der Waals surface area contributed by atoms with E-state index in [9.17, 15) is 17.6 Å². The Hall–Kier alpha value is -2.41. The van der Waals surface area contributed by atoms with Crippen molar-refractivity contribution >= 4 is 21.6 Å². The molecule has 0 saturated heterocycles. The van der Waals surface area contributed by atoms with Gasteiger partial charge in [-0.05, 0) is 56.0 Å². The van der Waals surface area contributed by atoms with Crippen LogP contribution in [0, 0.1) is 19.7 Å². The van der Waals surface area contributed by atoms with Crippen molar-refractivity contribution in [1.82, 2.24) is 5.32 Å². The van der Waals surface area contributed by atoms with Crippen LogP contribution in [0.15, 0.2) is 42.5 Å². The van der Waals surface area contributed by atoms with E-state index < -0.39 is 27.8 Å². The predicted molar refractivity (Wildman–Crippen MR) is 110 cm³/mol. The van der Waals surface area contributed by atoms with Crippen LogP contribution in [-0.2, 0) is 14.8 Å². The van der Waals surface area contributed by atoms with Crippen molar-refractivity contribution in [3.63, 3.8) is 0 Å². The van der Waals surface area contributed by atoms with E-state index in [0.717, 1.165) is 27.3 Å². The summed E-state index contributed by atoms with van der Waals surface area (Å²) in [7, 11) is -3.87. The molecule has 0 bridgehead atoms. The van der Waals surface area contributed by atoms with Crippen LogP contribution in [0.25, 0.3) is 0 Å². The van der Waals surface area contributed by atoms with Crippen LogP contribution in [0.1, 0.15) is 43.0 Å². The van der Waals surface area contributed by atoms with Crippen molar-refractivity contribution in [2.24, 2.45) is 0 Å². The number of nitrogens with one attached hydrogen (secondary N) is 1. The van der Waals surface area contributed by atoms with Gasteiger partial charge in [0, 0.05) is 0 Å². The zero-order valence-electron chi connectivity index (χ0n) is 16.9. The maximum Gasteiger partial charge on any atom is 0.244 e. The van der Waals surface area contributed by atoms with Gasteiger partial charge in [-0.25, -0.2) is 12.8 Å². The van der Waals surface area contributed by atoms with Gasteiger partial charge in [0.1, 0.15) is 11.9 Å². The van der Waals surface area contributed by atoms with E-state index >= 15 is 0 Å². The number of halogens is 1. The van der Waals surface area contributed by atoms with E-state index in [1.165, 1.54) is 31.2 Å². The molecule has 0 aliphatic rings. The largest absolute Gasteiger partial charge is 0.347 e. The van der Waals surface area contributed by atoms with Crippen molar-refractivity contribution in [1.29, 1.82) is 0 Å². The first-order chi connectivity index (χ1) is 13.1. The third-order valence-electron chi connectivity index (χ3n) is 4.84. The maximum atomic E-state index is 14.2. The zero-order valence-corrected chi connectivity index (χ0v) is 17.7. The van der Waals surface area contributed by atoms with E-state index in [-0.39, 0.29) is 11.7 Å². The van der Waals surface area contributed by atoms with E-state index in [1.807, 2.05) is 39.0 Å². The van der Waals surface area contributed by atoms with Crippen LogP contribution in [-0.4, -0.2) is 26.6 Å². The molecule has 5 nitrogen and oxygen atoms in total. The van der Waals surface area contributed by atoms with E-state index in [4.69, 9.17) is 0 Å². The lowest BCUT2D eigenvalue weighted by molar-refractivity contribution is -0.122. The smallest absolute Gasteiger partial charge is 0.244 e. The molecule has 2 atom stereocenters. The highest BCUT2D eigenvalue weighted by Gasteiger charge is 2.31. The number of carbonyl (C=O) groups excluding carboxylic acids is 1. The highest BCUT2D eigenvalue weighted by atomic mass is 32.2. The Morgan fingerprint density at radius 1 is 1.14 bits per heavy atom. The summed E-state index contributed by atoms with van der Waals surface area (Å²) >= 11 is 0. The first-order valence-electron chi connectivity index (χ1n) is 9.17. The molecule has 7 heteroatoms. The summed E-state index contributed by atoms with van der Waals surface area (Å²) < 4.78 is 39.7. The Bertz CT molecular complexity index is 960. The molecular formula is C21H27FN2O3S. The lowest BCUT2D eigenvalue weighted by Crippen LogP contribution is -2.48. The molecule has 0 fully saturated rings. The van der Waals surface area contributed by atoms with Gasteiger partial charge < -0.3 is 5.32 Å². The van der Waals surface area contributed by atoms with Gasteiger partial charge in [-0.3, -0.25) is 9.10 Å². The fourth-order valence-corrected chi connectivity index (χ4v) is 4.28. The van der Waals surface area contributed by atoms with E-state index in [1.54, 1.807) is 0 Å². The Kier molecular flexibility index (Phi) is 6.82. The molecule has 0 radical (unpaired) electrons. The fraction of sp³-hybridized carbons (Fsp3) is 0.381. The van der Waals surface area contributed by atoms with Gasteiger partial charge >= 0.3 is 0 Å². The average Bonchev–Trinajstić information content (AvgIpc) is 2.62. The molecule has 0 unspecified atom stereocenters. The summed E-state index contributed by atoms with van der Waals surface area (Å²) in [6.07, 6.45) is 1.60. The standard InChI is InChI=1S/C21H27FN2O3S/c1-6-19(17-12-11-14(2)15(3)13-17)23-21(25)16(4)24(28(5,26)27)20-10-8-7-9-18(20)22/h7-13,16,19H,6H2,1-5H3,(H,23,25)/t16-,19+/m1/s1. The van der Waals surface area contributed by atoms with Gasteiger partial charge in [0.05, 0.1) is 18.0 Å². The molecule has 0 aliphatic carbocycles. The first-order valence-corrected chi connectivity index (χ1v) is 11.0. The number of sulfonamides is 1. The van der Waals surface area contributed by atoms with Crippen molar-refractivity contribution in [3.8, 4) is 0 Å². The van der Waals surface area contributed by atoms with Crippen LogP contribution in [0.5, 0.6) is 0 Å². The van der Waals surface area contributed by atoms with Crippen LogP contribution in [0.4, 0.5) is 10.1 Å². The van der Waals surface area contributed by atoms with Gasteiger partial charge in [-0.1, -0.05) is 37.3 Å². The first kappa shape index (κ1) is 21.9. The number of carbonyl (C=O) groups is 1. The summed E-state index contributed by atoms with van der Waals surface area (Å²) in [6, 6.07) is 10.1. The summed E-state index contributed by atoms with van der Waals surface area (Å²) in [5.74, 6) is -1.19. The minimum absolute atomic E-state index is 0.146. The number of benzene rings is 2. The van der Waals surface area contributed by atoms with Gasteiger partial charge in [-0.15, -0.1) is 0 Å². The highest BCUT2D eigenvalue weighted by Crippen LogP contribution is 2.25. The highest BCUT2D eigenvalue weighted by molar-refractivity contribution is 7.92. The Labute approximate surface area is 166 Å². The number of nitrogens with zero attached hydrogens (tertiary/aromatic N) is 1. The van der Waals surface area contributed by atoms with Crippen LogP contribution in [0.3, 0.4) is 0 Å². The molecule has 1 N–H and O–H groups in total. The number of amides is 1. The van der Waals surface area contributed by atoms with E-state index in [0.29, 0.717) is 6.42 Å². The average molecular weight is 407 g/mol. The van der Waals surface area contributed by atoms with Crippen molar-refractivity contribution in [3.05, 3.63) is 65.0 Å². The van der Waals surface area contributed by atoms with Crippen LogP contribution < -0.4 is 9.62 Å². The topological polar surface area (TPSA) is 66.5 Å². The molecule has 152 valence electrons. The molecule has 0 heterocycles. The molecular weight excluding hydrogens is 379 g/mol. The minimum atomic E-state index is -3.87. The fourth-order valence-electron chi connectivity index (χ4n) is 3.11. The molecule has 0 saturated carbocycles. The number of aryl methyl sites for hydroxylation is 2. The molecule has 0 spiro atoms. The Morgan fingerprint density at radius 3 is 2.32 bits per heavy atom. The van der Waals surface area contributed by atoms with Gasteiger partial charge in [0.25, 0.3) is 0 Å². The molecule has 2 rings (SSSR count). The number of rotatable bonds is 7. The lowest BCUT2D eigenvalue weighted by atomic mass is 9.99. The predicted octanol–water partition coefficient (Wildman–Crippen LogP) is 3.86. The zero-order chi connectivity index (χ0) is 21.1. The molecule has 0 aliphatic heterocycles. The second-order valence-corrected chi connectivity index (χ2v) is 8.86. The number of hydrogen-bond acceptors (Lipinski definition) is 3. The second kappa shape index (κ2) is 8.73. The number of para-hydroxylation sites is 1. The summed E-state index contributed by atoms with van der Waals surface area (Å²) in [4.78, 5) is 12.9. The molecule has 2 aromatic rings. The quantitative estimate of drug-likeness (QED) is 0.759. The van der Waals surface area contributed by atoms with Crippen molar-refractivity contribution < 1.29 is 17.6 Å². The molecule has 2 aromatic carbocycles. The maximum absolute atomic E-state index is 14.2. The number of anilines is 1. The second-order valence-electron chi connectivity index (χ2n) is 7.00.